The molecule has 1 aromatic carbocycles. The minimum atomic E-state index is -0.154. The topological polar surface area (TPSA) is 50.9 Å². The highest BCUT2D eigenvalue weighted by atomic mass is 16.3. The lowest BCUT2D eigenvalue weighted by Gasteiger charge is -2.27. The molecule has 1 heterocycles. The normalized spacial score (nSPS) is 13.4. The predicted octanol–water partition coefficient (Wildman–Crippen LogP) is 3.07. The molecule has 0 aliphatic heterocycles. The lowest BCUT2D eigenvalue weighted by atomic mass is 9.94. The molecular weight excluding hydrogens is 250 g/mol. The number of hydrogen-bond acceptors (Lipinski definition) is 3. The molecule has 108 valence electrons. The van der Waals surface area contributed by atoms with E-state index in [9.17, 15) is 5.11 Å². The fourth-order valence-corrected chi connectivity index (χ4v) is 2.64. The zero-order valence-corrected chi connectivity index (χ0v) is 12.7. The molecule has 0 bridgehead atoms. The van der Waals surface area contributed by atoms with E-state index in [0.29, 0.717) is 5.82 Å². The third-order valence-corrected chi connectivity index (χ3v) is 3.49. The summed E-state index contributed by atoms with van der Waals surface area (Å²) in [5.74, 6) is 1.75. The van der Waals surface area contributed by atoms with E-state index in [1.165, 1.54) is 5.56 Å². The maximum Gasteiger partial charge on any atom is 0.159 e. The van der Waals surface area contributed by atoms with E-state index < -0.39 is 0 Å². The molecule has 1 aromatic heterocycles. The van der Waals surface area contributed by atoms with Gasteiger partial charge in [0.05, 0.1) is 0 Å². The van der Waals surface area contributed by atoms with Crippen LogP contribution in [-0.2, 0) is 12.1 Å². The van der Waals surface area contributed by atoms with Crippen molar-refractivity contribution < 1.29 is 5.11 Å². The van der Waals surface area contributed by atoms with Gasteiger partial charge >= 0.3 is 0 Å². The number of nitrogens with zero attached hydrogens (tertiary/aromatic N) is 3. The predicted molar refractivity (Wildman–Crippen MR) is 79.5 cm³/mol. The summed E-state index contributed by atoms with van der Waals surface area (Å²) in [6.45, 7) is 8.39. The van der Waals surface area contributed by atoms with Crippen LogP contribution in [0.15, 0.2) is 30.3 Å². The van der Waals surface area contributed by atoms with E-state index in [1.54, 1.807) is 0 Å². The SMILES string of the molecule is CCC(c1ccccc1)c1nnc(CO)n1C(C)(C)C. The van der Waals surface area contributed by atoms with Crippen LogP contribution in [0.1, 0.15) is 57.2 Å². The van der Waals surface area contributed by atoms with Gasteiger partial charge in [0.2, 0.25) is 0 Å². The van der Waals surface area contributed by atoms with E-state index in [-0.39, 0.29) is 18.1 Å². The summed E-state index contributed by atoms with van der Waals surface area (Å²) in [5, 5.41) is 18.0. The number of aliphatic hydroxyl groups is 1. The third-order valence-electron chi connectivity index (χ3n) is 3.49. The monoisotopic (exact) mass is 273 g/mol. The maximum atomic E-state index is 9.50. The Hall–Kier alpha value is -1.68. The molecule has 0 spiro atoms. The molecule has 1 unspecified atom stereocenters. The van der Waals surface area contributed by atoms with Gasteiger partial charge in [-0.2, -0.15) is 0 Å². The fraction of sp³-hybridized carbons (Fsp3) is 0.500. The number of benzene rings is 1. The van der Waals surface area contributed by atoms with E-state index in [2.05, 4.69) is 54.6 Å². The fourth-order valence-electron chi connectivity index (χ4n) is 2.64. The van der Waals surface area contributed by atoms with E-state index >= 15 is 0 Å². The minimum Gasteiger partial charge on any atom is -0.388 e. The van der Waals surface area contributed by atoms with Crippen LogP contribution in [0.4, 0.5) is 0 Å². The summed E-state index contributed by atoms with van der Waals surface area (Å²) in [6.07, 6.45) is 0.948. The van der Waals surface area contributed by atoms with Gasteiger partial charge in [-0.25, -0.2) is 0 Å². The Labute approximate surface area is 120 Å². The molecule has 0 radical (unpaired) electrons. The van der Waals surface area contributed by atoms with Gasteiger partial charge in [0.1, 0.15) is 12.4 Å². The second-order valence-electron chi connectivity index (χ2n) is 6.01. The van der Waals surface area contributed by atoms with E-state index in [1.807, 2.05) is 18.2 Å². The molecule has 4 heteroatoms. The Balaban J connectivity index is 2.54. The van der Waals surface area contributed by atoms with Crippen molar-refractivity contribution in [2.45, 2.75) is 52.2 Å². The van der Waals surface area contributed by atoms with Gasteiger partial charge in [-0.1, -0.05) is 37.3 Å². The lowest BCUT2D eigenvalue weighted by molar-refractivity contribution is 0.247. The van der Waals surface area contributed by atoms with Crippen molar-refractivity contribution in [1.82, 2.24) is 14.8 Å². The van der Waals surface area contributed by atoms with Gasteiger partial charge in [-0.3, -0.25) is 0 Å². The van der Waals surface area contributed by atoms with Crippen LogP contribution in [0.25, 0.3) is 0 Å². The Bertz CT molecular complexity index is 555. The Kier molecular flexibility index (Phi) is 4.23. The molecule has 0 saturated heterocycles. The highest BCUT2D eigenvalue weighted by Gasteiger charge is 2.27. The summed E-state index contributed by atoms with van der Waals surface area (Å²) in [5.41, 5.74) is 1.08. The highest BCUT2D eigenvalue weighted by molar-refractivity contribution is 5.26. The van der Waals surface area contributed by atoms with Crippen LogP contribution in [-0.4, -0.2) is 19.9 Å². The molecule has 0 fully saturated rings. The summed E-state index contributed by atoms with van der Waals surface area (Å²) >= 11 is 0. The molecule has 2 aromatic rings. The van der Waals surface area contributed by atoms with Gasteiger partial charge in [0, 0.05) is 11.5 Å². The van der Waals surface area contributed by atoms with Gasteiger partial charge in [0.15, 0.2) is 5.82 Å². The Morgan fingerprint density at radius 1 is 1.15 bits per heavy atom. The van der Waals surface area contributed by atoms with E-state index in [0.717, 1.165) is 12.2 Å². The maximum absolute atomic E-state index is 9.50. The van der Waals surface area contributed by atoms with E-state index in [4.69, 9.17) is 0 Å². The standard InChI is InChI=1S/C16H23N3O/c1-5-13(12-9-7-6-8-10-12)15-18-17-14(11-20)19(15)16(2,3)4/h6-10,13,20H,5,11H2,1-4H3. The van der Waals surface area contributed by atoms with Gasteiger partial charge in [-0.05, 0) is 32.8 Å². The molecule has 0 aliphatic rings. The molecule has 1 atom stereocenters. The van der Waals surface area contributed by atoms with Crippen LogP contribution in [0.2, 0.25) is 0 Å². The van der Waals surface area contributed by atoms with Crippen LogP contribution < -0.4 is 0 Å². The van der Waals surface area contributed by atoms with Crippen LogP contribution >= 0.6 is 0 Å². The zero-order chi connectivity index (χ0) is 14.8. The van der Waals surface area contributed by atoms with Crippen molar-refractivity contribution in [3.63, 3.8) is 0 Å². The van der Waals surface area contributed by atoms with Gasteiger partial charge < -0.3 is 9.67 Å². The first-order valence-corrected chi connectivity index (χ1v) is 7.09. The van der Waals surface area contributed by atoms with Crippen molar-refractivity contribution in [3.05, 3.63) is 47.5 Å². The molecule has 4 nitrogen and oxygen atoms in total. The van der Waals surface area contributed by atoms with Crippen molar-refractivity contribution in [2.24, 2.45) is 0 Å². The van der Waals surface area contributed by atoms with Crippen molar-refractivity contribution in [3.8, 4) is 0 Å². The molecule has 0 aliphatic carbocycles. The van der Waals surface area contributed by atoms with Gasteiger partial charge in [-0.15, -0.1) is 10.2 Å². The van der Waals surface area contributed by atoms with Crippen LogP contribution in [0.5, 0.6) is 0 Å². The first-order chi connectivity index (χ1) is 9.49. The molecule has 20 heavy (non-hydrogen) atoms. The smallest absolute Gasteiger partial charge is 0.159 e. The highest BCUT2D eigenvalue weighted by Crippen LogP contribution is 2.30. The summed E-state index contributed by atoms with van der Waals surface area (Å²) in [7, 11) is 0. The van der Waals surface area contributed by atoms with Crippen molar-refractivity contribution in [2.75, 3.05) is 0 Å². The molecule has 0 amide bonds. The Morgan fingerprint density at radius 3 is 2.30 bits per heavy atom. The minimum absolute atomic E-state index is 0.0878. The summed E-state index contributed by atoms with van der Waals surface area (Å²) in [4.78, 5) is 0. The largest absolute Gasteiger partial charge is 0.388 e. The number of rotatable bonds is 4. The third kappa shape index (κ3) is 2.75. The average Bonchev–Trinajstić information content (AvgIpc) is 2.85. The lowest BCUT2D eigenvalue weighted by Crippen LogP contribution is -2.27. The van der Waals surface area contributed by atoms with Crippen molar-refractivity contribution in [1.29, 1.82) is 0 Å². The van der Waals surface area contributed by atoms with Crippen LogP contribution in [0, 0.1) is 0 Å². The van der Waals surface area contributed by atoms with Crippen molar-refractivity contribution >= 4 is 0 Å². The number of aliphatic hydroxyl groups excluding tert-OH is 1. The van der Waals surface area contributed by atoms with Gasteiger partial charge in [0.25, 0.3) is 0 Å². The zero-order valence-electron chi connectivity index (χ0n) is 12.7. The second-order valence-corrected chi connectivity index (χ2v) is 6.01. The molecule has 0 saturated carbocycles. The quantitative estimate of drug-likeness (QED) is 0.931. The number of aromatic nitrogens is 3. The molecular formula is C16H23N3O. The molecule has 2 rings (SSSR count). The Morgan fingerprint density at radius 2 is 1.80 bits per heavy atom. The first-order valence-electron chi connectivity index (χ1n) is 7.09. The average molecular weight is 273 g/mol. The second kappa shape index (κ2) is 5.75. The number of hydrogen-bond donors (Lipinski definition) is 1. The van der Waals surface area contributed by atoms with Crippen LogP contribution in [0.3, 0.4) is 0 Å². The first kappa shape index (κ1) is 14.7. The molecule has 1 N–H and O–H groups in total. The summed E-state index contributed by atoms with van der Waals surface area (Å²) in [6, 6.07) is 10.3. The summed E-state index contributed by atoms with van der Waals surface area (Å²) < 4.78 is 2.06.